The molecule has 138 valence electrons. The van der Waals surface area contributed by atoms with Crippen LogP contribution in [0.25, 0.3) is 5.76 Å². The second-order valence-corrected chi connectivity index (χ2v) is 6.39. The van der Waals surface area contributed by atoms with Gasteiger partial charge in [0.15, 0.2) is 0 Å². The highest BCUT2D eigenvalue weighted by atomic mass is 19.1. The lowest BCUT2D eigenvalue weighted by atomic mass is 9.95. The van der Waals surface area contributed by atoms with Crippen LogP contribution in [0.2, 0.25) is 0 Å². The SMILES string of the molecule is O=C1C(=O)N(c2ccccc2)C(c2ccccc2F)/C1=C(/O)c1ccccc1. The molecule has 0 radical (unpaired) electrons. The molecule has 0 spiro atoms. The summed E-state index contributed by atoms with van der Waals surface area (Å²) in [4.78, 5) is 27.0. The third-order valence-electron chi connectivity index (χ3n) is 4.73. The predicted octanol–water partition coefficient (Wildman–Crippen LogP) is 4.45. The van der Waals surface area contributed by atoms with Crippen LogP contribution in [0.15, 0.2) is 90.5 Å². The van der Waals surface area contributed by atoms with Crippen LogP contribution in [-0.2, 0) is 9.59 Å². The summed E-state index contributed by atoms with van der Waals surface area (Å²) in [5.41, 5.74) is 0.841. The van der Waals surface area contributed by atoms with Gasteiger partial charge < -0.3 is 5.11 Å². The summed E-state index contributed by atoms with van der Waals surface area (Å²) < 4.78 is 14.7. The van der Waals surface area contributed by atoms with E-state index >= 15 is 0 Å². The molecule has 0 aliphatic carbocycles. The molecule has 1 amide bonds. The van der Waals surface area contributed by atoms with Crippen molar-refractivity contribution in [1.82, 2.24) is 0 Å². The maximum atomic E-state index is 14.7. The molecule has 3 aromatic rings. The van der Waals surface area contributed by atoms with E-state index < -0.39 is 23.5 Å². The Labute approximate surface area is 161 Å². The highest BCUT2D eigenvalue weighted by Gasteiger charge is 2.47. The summed E-state index contributed by atoms with van der Waals surface area (Å²) in [6.07, 6.45) is 0. The van der Waals surface area contributed by atoms with Gasteiger partial charge in [-0.2, -0.15) is 0 Å². The number of carbonyl (C=O) groups is 2. The van der Waals surface area contributed by atoms with Gasteiger partial charge in [-0.25, -0.2) is 4.39 Å². The van der Waals surface area contributed by atoms with Gasteiger partial charge in [0.05, 0.1) is 11.6 Å². The Morgan fingerprint density at radius 3 is 2.04 bits per heavy atom. The van der Waals surface area contributed by atoms with Crippen LogP contribution in [0, 0.1) is 5.82 Å². The second-order valence-electron chi connectivity index (χ2n) is 6.39. The van der Waals surface area contributed by atoms with E-state index in [0.717, 1.165) is 0 Å². The van der Waals surface area contributed by atoms with Crippen molar-refractivity contribution in [3.05, 3.63) is 107 Å². The molecule has 1 N–H and O–H groups in total. The number of nitrogens with zero attached hydrogens (tertiary/aromatic N) is 1. The van der Waals surface area contributed by atoms with Crippen LogP contribution in [0.4, 0.5) is 10.1 Å². The lowest BCUT2D eigenvalue weighted by Crippen LogP contribution is -2.29. The number of aliphatic hydroxyl groups excluding tert-OH is 1. The number of halogens is 1. The summed E-state index contributed by atoms with van der Waals surface area (Å²) >= 11 is 0. The molecular weight excluding hydrogens is 357 g/mol. The fourth-order valence-electron chi connectivity index (χ4n) is 3.43. The van der Waals surface area contributed by atoms with Gasteiger partial charge in [-0.05, 0) is 18.2 Å². The van der Waals surface area contributed by atoms with Crippen LogP contribution < -0.4 is 4.90 Å². The van der Waals surface area contributed by atoms with Crippen molar-refractivity contribution in [2.75, 3.05) is 4.90 Å². The van der Waals surface area contributed by atoms with Gasteiger partial charge in [0.25, 0.3) is 11.7 Å². The van der Waals surface area contributed by atoms with Gasteiger partial charge in [0, 0.05) is 16.8 Å². The van der Waals surface area contributed by atoms with Crippen molar-refractivity contribution in [2.45, 2.75) is 6.04 Å². The lowest BCUT2D eigenvalue weighted by molar-refractivity contribution is -0.132. The van der Waals surface area contributed by atoms with E-state index in [1.54, 1.807) is 66.7 Å². The number of rotatable bonds is 3. The van der Waals surface area contributed by atoms with Crippen LogP contribution in [-0.4, -0.2) is 16.8 Å². The monoisotopic (exact) mass is 373 g/mol. The number of para-hydroxylation sites is 1. The summed E-state index contributed by atoms with van der Waals surface area (Å²) in [6.45, 7) is 0. The Kier molecular flexibility index (Phi) is 4.49. The normalized spacial score (nSPS) is 18.5. The predicted molar refractivity (Wildman–Crippen MR) is 104 cm³/mol. The smallest absolute Gasteiger partial charge is 0.300 e. The molecule has 1 atom stereocenters. The van der Waals surface area contributed by atoms with Gasteiger partial charge >= 0.3 is 0 Å². The van der Waals surface area contributed by atoms with E-state index in [0.29, 0.717) is 11.3 Å². The zero-order valence-electron chi connectivity index (χ0n) is 14.7. The molecule has 0 aromatic heterocycles. The van der Waals surface area contributed by atoms with Crippen molar-refractivity contribution < 1.29 is 19.1 Å². The number of aliphatic hydroxyl groups is 1. The number of hydrogen-bond donors (Lipinski definition) is 1. The summed E-state index contributed by atoms with van der Waals surface area (Å²) in [5, 5.41) is 10.9. The minimum absolute atomic E-state index is 0.134. The zero-order chi connectivity index (χ0) is 19.7. The minimum atomic E-state index is -1.07. The molecular formula is C23H16FNO3. The quantitative estimate of drug-likeness (QED) is 0.419. The van der Waals surface area contributed by atoms with Crippen LogP contribution >= 0.6 is 0 Å². The number of amides is 1. The Bertz CT molecular complexity index is 1080. The average Bonchev–Trinajstić information content (AvgIpc) is 3.00. The maximum absolute atomic E-state index is 14.7. The van der Waals surface area contributed by atoms with Crippen molar-refractivity contribution in [3.63, 3.8) is 0 Å². The van der Waals surface area contributed by atoms with E-state index in [2.05, 4.69) is 0 Å². The molecule has 3 aromatic carbocycles. The molecule has 5 heteroatoms. The van der Waals surface area contributed by atoms with Gasteiger partial charge in [-0.15, -0.1) is 0 Å². The second kappa shape index (κ2) is 7.12. The summed E-state index contributed by atoms with van der Waals surface area (Å²) in [6, 6.07) is 21.9. The Morgan fingerprint density at radius 2 is 1.39 bits per heavy atom. The Balaban J connectivity index is 1.98. The first-order valence-corrected chi connectivity index (χ1v) is 8.75. The highest BCUT2D eigenvalue weighted by molar-refractivity contribution is 6.51. The third-order valence-corrected chi connectivity index (χ3v) is 4.73. The van der Waals surface area contributed by atoms with Gasteiger partial charge in [0.1, 0.15) is 11.6 Å². The first-order chi connectivity index (χ1) is 13.6. The highest BCUT2D eigenvalue weighted by Crippen LogP contribution is 2.42. The van der Waals surface area contributed by atoms with E-state index in [1.807, 2.05) is 0 Å². The van der Waals surface area contributed by atoms with Gasteiger partial charge in [0.2, 0.25) is 0 Å². The number of benzene rings is 3. The summed E-state index contributed by atoms with van der Waals surface area (Å²) in [7, 11) is 0. The number of carbonyl (C=O) groups excluding carboxylic acids is 2. The van der Waals surface area contributed by atoms with E-state index in [9.17, 15) is 19.1 Å². The third kappa shape index (κ3) is 2.87. The average molecular weight is 373 g/mol. The first-order valence-electron chi connectivity index (χ1n) is 8.75. The van der Waals surface area contributed by atoms with Crippen LogP contribution in [0.1, 0.15) is 17.2 Å². The largest absolute Gasteiger partial charge is 0.507 e. The van der Waals surface area contributed by atoms with Crippen molar-refractivity contribution in [1.29, 1.82) is 0 Å². The minimum Gasteiger partial charge on any atom is -0.507 e. The van der Waals surface area contributed by atoms with E-state index in [1.165, 1.54) is 23.1 Å². The fraction of sp³-hybridized carbons (Fsp3) is 0.0435. The maximum Gasteiger partial charge on any atom is 0.300 e. The molecule has 4 rings (SSSR count). The molecule has 4 nitrogen and oxygen atoms in total. The molecule has 1 aliphatic rings. The molecule has 1 heterocycles. The molecule has 1 fully saturated rings. The first kappa shape index (κ1) is 17.7. The van der Waals surface area contributed by atoms with E-state index in [-0.39, 0.29) is 16.9 Å². The van der Waals surface area contributed by atoms with Gasteiger partial charge in [-0.3, -0.25) is 14.5 Å². The van der Waals surface area contributed by atoms with E-state index in [4.69, 9.17) is 0 Å². The molecule has 0 saturated carbocycles. The number of Topliss-reactive ketones (excluding diaryl/α,β-unsaturated/α-hetero) is 1. The van der Waals surface area contributed by atoms with Crippen LogP contribution in [0.5, 0.6) is 0 Å². The fourth-order valence-corrected chi connectivity index (χ4v) is 3.43. The van der Waals surface area contributed by atoms with Crippen molar-refractivity contribution in [2.24, 2.45) is 0 Å². The molecule has 1 saturated heterocycles. The molecule has 28 heavy (non-hydrogen) atoms. The molecule has 1 unspecified atom stereocenters. The molecule has 0 bridgehead atoms. The van der Waals surface area contributed by atoms with Crippen molar-refractivity contribution >= 4 is 23.1 Å². The number of anilines is 1. The standard InChI is InChI=1S/C23H16FNO3/c24-18-14-8-7-13-17(18)20-19(21(26)15-9-3-1-4-10-15)22(27)23(28)25(20)16-11-5-2-6-12-16/h1-14,20,26H/b21-19-. The van der Waals surface area contributed by atoms with Gasteiger partial charge in [-0.1, -0.05) is 66.7 Å². The topological polar surface area (TPSA) is 57.6 Å². The summed E-state index contributed by atoms with van der Waals surface area (Å²) in [5.74, 6) is -2.55. The lowest BCUT2D eigenvalue weighted by Gasteiger charge is -2.25. The Morgan fingerprint density at radius 1 is 0.821 bits per heavy atom. The van der Waals surface area contributed by atoms with Crippen LogP contribution in [0.3, 0.4) is 0 Å². The van der Waals surface area contributed by atoms with Crippen molar-refractivity contribution in [3.8, 4) is 0 Å². The number of hydrogen-bond acceptors (Lipinski definition) is 3. The zero-order valence-corrected chi connectivity index (χ0v) is 14.7. The number of ketones is 1. The Hall–Kier alpha value is -3.73. The molecule has 1 aliphatic heterocycles.